The molecule has 5 nitrogen and oxygen atoms in total. The summed E-state index contributed by atoms with van der Waals surface area (Å²) >= 11 is 1.43. The molecule has 164 valence electrons. The lowest BCUT2D eigenvalue weighted by Gasteiger charge is -2.16. The first-order chi connectivity index (χ1) is 16.1. The van der Waals surface area contributed by atoms with Crippen molar-refractivity contribution in [2.45, 2.75) is 19.6 Å². The zero-order valence-corrected chi connectivity index (χ0v) is 18.8. The van der Waals surface area contributed by atoms with E-state index in [4.69, 9.17) is 4.74 Å². The van der Waals surface area contributed by atoms with E-state index in [9.17, 15) is 9.59 Å². The number of fused-ring (bicyclic) bond motifs is 3. The summed E-state index contributed by atoms with van der Waals surface area (Å²) < 4.78 is 5.81. The molecule has 0 saturated carbocycles. The van der Waals surface area contributed by atoms with Gasteiger partial charge in [0.2, 0.25) is 0 Å². The Kier molecular flexibility index (Phi) is 5.67. The summed E-state index contributed by atoms with van der Waals surface area (Å²) in [6.07, 6.45) is 0. The van der Waals surface area contributed by atoms with Gasteiger partial charge in [0.25, 0.3) is 11.8 Å². The highest BCUT2D eigenvalue weighted by Gasteiger charge is 2.23. The molecule has 5 rings (SSSR count). The molecule has 0 fully saturated rings. The van der Waals surface area contributed by atoms with Crippen LogP contribution in [0.4, 0.5) is 5.69 Å². The molecule has 0 aliphatic carbocycles. The van der Waals surface area contributed by atoms with Gasteiger partial charge in [-0.05, 0) is 42.8 Å². The Balaban J connectivity index is 1.35. The van der Waals surface area contributed by atoms with Gasteiger partial charge in [-0.15, -0.1) is 11.3 Å². The van der Waals surface area contributed by atoms with E-state index < -0.39 is 0 Å². The summed E-state index contributed by atoms with van der Waals surface area (Å²) in [7, 11) is 0. The summed E-state index contributed by atoms with van der Waals surface area (Å²) in [6.45, 7) is 2.37. The molecule has 0 saturated heterocycles. The van der Waals surface area contributed by atoms with Crippen molar-refractivity contribution in [1.82, 2.24) is 5.32 Å². The van der Waals surface area contributed by atoms with Crippen molar-refractivity contribution in [2.24, 2.45) is 0 Å². The van der Waals surface area contributed by atoms with Crippen molar-refractivity contribution in [3.63, 3.8) is 0 Å². The highest BCUT2D eigenvalue weighted by molar-refractivity contribution is 7.17. The molecule has 2 N–H and O–H groups in total. The Hall–Kier alpha value is -3.90. The molecule has 1 aliphatic rings. The van der Waals surface area contributed by atoms with Crippen LogP contribution in [0.3, 0.4) is 0 Å². The number of rotatable bonds is 5. The summed E-state index contributed by atoms with van der Waals surface area (Å²) in [5.41, 5.74) is 3.90. The van der Waals surface area contributed by atoms with E-state index in [1.807, 2.05) is 67.6 Å². The molecule has 3 aromatic carbocycles. The standard InChI is InChI=1S/C27H22N2O3S/c1-17(18-9-3-2-4-10-18)28-26(30)20-11-5-7-13-22(20)29-27(31)24-15-19-16-32-23-14-8-6-12-21(23)25(19)33-24/h2-15,17H,16H2,1H3,(H,28,30)(H,29,31). The molecular formula is C27H22N2O3S. The number of benzene rings is 3. The lowest BCUT2D eigenvalue weighted by atomic mass is 10.1. The van der Waals surface area contributed by atoms with Crippen LogP contribution in [0.25, 0.3) is 10.4 Å². The summed E-state index contributed by atoms with van der Waals surface area (Å²) in [6, 6.07) is 26.3. The van der Waals surface area contributed by atoms with Gasteiger partial charge in [0.15, 0.2) is 0 Å². The third-order valence-electron chi connectivity index (χ3n) is 5.61. The molecule has 1 unspecified atom stereocenters. The normalized spacial score (nSPS) is 12.6. The molecule has 0 bridgehead atoms. The van der Waals surface area contributed by atoms with Gasteiger partial charge in [-0.2, -0.15) is 0 Å². The average Bonchev–Trinajstić information content (AvgIpc) is 3.30. The van der Waals surface area contributed by atoms with Gasteiger partial charge in [0.05, 0.1) is 22.2 Å². The molecular weight excluding hydrogens is 432 g/mol. The van der Waals surface area contributed by atoms with E-state index >= 15 is 0 Å². The summed E-state index contributed by atoms with van der Waals surface area (Å²) in [5, 5.41) is 5.94. The predicted molar refractivity (Wildman–Crippen MR) is 131 cm³/mol. The molecule has 0 radical (unpaired) electrons. The monoisotopic (exact) mass is 454 g/mol. The highest BCUT2D eigenvalue weighted by atomic mass is 32.1. The average molecular weight is 455 g/mol. The van der Waals surface area contributed by atoms with Crippen molar-refractivity contribution < 1.29 is 14.3 Å². The molecule has 1 aromatic heterocycles. The van der Waals surface area contributed by atoms with Gasteiger partial charge in [-0.1, -0.05) is 54.6 Å². The van der Waals surface area contributed by atoms with Crippen LogP contribution in [0.5, 0.6) is 5.75 Å². The molecule has 2 amide bonds. The Morgan fingerprint density at radius 1 is 0.909 bits per heavy atom. The zero-order chi connectivity index (χ0) is 22.8. The van der Waals surface area contributed by atoms with E-state index in [0.717, 1.165) is 27.3 Å². The van der Waals surface area contributed by atoms with Crippen LogP contribution in [-0.2, 0) is 6.61 Å². The smallest absolute Gasteiger partial charge is 0.265 e. The second-order valence-electron chi connectivity index (χ2n) is 7.86. The van der Waals surface area contributed by atoms with Gasteiger partial charge in [-0.25, -0.2) is 0 Å². The topological polar surface area (TPSA) is 67.4 Å². The van der Waals surface area contributed by atoms with Crippen molar-refractivity contribution in [3.05, 3.63) is 106 Å². The van der Waals surface area contributed by atoms with Gasteiger partial charge in [-0.3, -0.25) is 9.59 Å². The largest absolute Gasteiger partial charge is 0.488 e. The first-order valence-electron chi connectivity index (χ1n) is 10.7. The van der Waals surface area contributed by atoms with Gasteiger partial charge in [0.1, 0.15) is 12.4 Å². The lowest BCUT2D eigenvalue weighted by Crippen LogP contribution is -2.27. The number of amides is 2. The van der Waals surface area contributed by atoms with Crippen LogP contribution < -0.4 is 15.4 Å². The molecule has 0 spiro atoms. The molecule has 33 heavy (non-hydrogen) atoms. The van der Waals surface area contributed by atoms with Crippen LogP contribution >= 0.6 is 11.3 Å². The highest BCUT2D eigenvalue weighted by Crippen LogP contribution is 2.42. The Morgan fingerprint density at radius 2 is 1.64 bits per heavy atom. The van der Waals surface area contributed by atoms with Crippen molar-refractivity contribution in [3.8, 4) is 16.2 Å². The first-order valence-corrected chi connectivity index (χ1v) is 11.5. The number of thiophene rings is 1. The quantitative estimate of drug-likeness (QED) is 0.386. The molecule has 1 atom stereocenters. The Bertz CT molecular complexity index is 1330. The third-order valence-corrected chi connectivity index (χ3v) is 6.82. The van der Waals surface area contributed by atoms with Crippen molar-refractivity contribution in [2.75, 3.05) is 5.32 Å². The first kappa shape index (κ1) is 21.0. The second-order valence-corrected chi connectivity index (χ2v) is 8.91. The number of carbonyl (C=O) groups excluding carboxylic acids is 2. The number of anilines is 1. The lowest BCUT2D eigenvalue weighted by molar-refractivity contribution is 0.0940. The van der Waals surface area contributed by atoms with E-state index in [-0.39, 0.29) is 17.9 Å². The maximum Gasteiger partial charge on any atom is 0.265 e. The second kappa shape index (κ2) is 8.92. The Morgan fingerprint density at radius 3 is 2.48 bits per heavy atom. The van der Waals surface area contributed by atoms with E-state index in [0.29, 0.717) is 22.7 Å². The number of hydrogen-bond acceptors (Lipinski definition) is 4. The molecule has 4 aromatic rings. The number of hydrogen-bond donors (Lipinski definition) is 2. The van der Waals surface area contributed by atoms with E-state index in [1.165, 1.54) is 11.3 Å². The Labute approximate surface area is 196 Å². The minimum absolute atomic E-state index is 0.161. The van der Waals surface area contributed by atoms with Gasteiger partial charge < -0.3 is 15.4 Å². The summed E-state index contributed by atoms with van der Waals surface area (Å²) in [4.78, 5) is 27.7. The maximum absolute atomic E-state index is 13.1. The fourth-order valence-electron chi connectivity index (χ4n) is 3.88. The van der Waals surface area contributed by atoms with Crippen molar-refractivity contribution in [1.29, 1.82) is 0 Å². The van der Waals surface area contributed by atoms with Crippen LogP contribution in [0.15, 0.2) is 84.9 Å². The van der Waals surface area contributed by atoms with Crippen LogP contribution in [-0.4, -0.2) is 11.8 Å². The SMILES string of the molecule is CC(NC(=O)c1ccccc1NC(=O)c1cc2c(s1)-c1ccccc1OC2)c1ccccc1. The number of nitrogens with one attached hydrogen (secondary N) is 2. The minimum Gasteiger partial charge on any atom is -0.488 e. The summed E-state index contributed by atoms with van der Waals surface area (Å²) in [5.74, 6) is 0.339. The molecule has 1 aliphatic heterocycles. The fraction of sp³-hybridized carbons (Fsp3) is 0.111. The third kappa shape index (κ3) is 4.25. The fourth-order valence-corrected chi connectivity index (χ4v) is 4.98. The maximum atomic E-state index is 13.1. The van der Waals surface area contributed by atoms with Crippen LogP contribution in [0.2, 0.25) is 0 Å². The zero-order valence-electron chi connectivity index (χ0n) is 18.0. The molecule has 6 heteroatoms. The van der Waals surface area contributed by atoms with E-state index in [1.54, 1.807) is 24.3 Å². The van der Waals surface area contributed by atoms with Gasteiger partial charge >= 0.3 is 0 Å². The molecule has 2 heterocycles. The number of carbonyl (C=O) groups is 2. The van der Waals surface area contributed by atoms with Crippen LogP contribution in [0.1, 0.15) is 44.1 Å². The van der Waals surface area contributed by atoms with Gasteiger partial charge in [0, 0.05) is 16.0 Å². The number of ether oxygens (including phenoxy) is 1. The van der Waals surface area contributed by atoms with Crippen molar-refractivity contribution >= 4 is 28.8 Å². The number of para-hydroxylation sites is 2. The van der Waals surface area contributed by atoms with E-state index in [2.05, 4.69) is 10.6 Å². The predicted octanol–water partition coefficient (Wildman–Crippen LogP) is 6.05. The van der Waals surface area contributed by atoms with Crippen LogP contribution in [0, 0.1) is 0 Å². The minimum atomic E-state index is -0.247.